The molecule has 0 aliphatic heterocycles. The topological polar surface area (TPSA) is 81.3 Å². The van der Waals surface area contributed by atoms with Gasteiger partial charge in [0.2, 0.25) is 0 Å². The number of aliphatic hydroxyl groups excluding tert-OH is 1. The first-order valence-electron chi connectivity index (χ1n) is 6.33. The summed E-state index contributed by atoms with van der Waals surface area (Å²) in [5.41, 5.74) is 6.47. The van der Waals surface area contributed by atoms with Crippen molar-refractivity contribution in [2.75, 3.05) is 18.1 Å². The van der Waals surface area contributed by atoms with Crippen molar-refractivity contribution in [3.05, 3.63) is 40.5 Å². The number of halogens is 1. The molecule has 1 unspecified atom stereocenters. The van der Waals surface area contributed by atoms with Crippen LogP contribution < -0.4 is 10.5 Å². The quantitative estimate of drug-likeness (QED) is 0.601. The highest BCUT2D eigenvalue weighted by molar-refractivity contribution is 9.10. The summed E-state index contributed by atoms with van der Waals surface area (Å²) in [6.07, 6.45) is -0.612. The Morgan fingerprint density at radius 3 is 2.90 bits per heavy atom. The molecule has 1 aromatic heterocycles. The number of aryl methyl sites for hydroxylation is 1. The molecule has 1 atom stereocenters. The van der Waals surface area contributed by atoms with Crippen LogP contribution in [0.5, 0.6) is 5.75 Å². The molecule has 0 spiro atoms. The van der Waals surface area contributed by atoms with Gasteiger partial charge in [-0.15, -0.1) is 0 Å². The maximum Gasteiger partial charge on any atom is 0.189 e. The van der Waals surface area contributed by atoms with E-state index in [0.717, 1.165) is 10.2 Å². The predicted molar refractivity (Wildman–Crippen MR) is 87.5 cm³/mol. The zero-order valence-corrected chi connectivity index (χ0v) is 13.9. The summed E-state index contributed by atoms with van der Waals surface area (Å²) in [5, 5.41) is 10.5. The number of hydrogen-bond acceptors (Lipinski definition) is 6. The zero-order chi connectivity index (χ0) is 15.2. The Morgan fingerprint density at radius 2 is 2.19 bits per heavy atom. The number of rotatable bonds is 6. The largest absolute Gasteiger partial charge is 0.491 e. The molecule has 7 heteroatoms. The molecule has 0 fully saturated rings. The number of anilines is 1. The molecule has 0 saturated carbocycles. The molecule has 3 N–H and O–H groups in total. The van der Waals surface area contributed by atoms with E-state index in [9.17, 15) is 5.11 Å². The van der Waals surface area contributed by atoms with Crippen molar-refractivity contribution in [2.45, 2.75) is 18.2 Å². The van der Waals surface area contributed by atoms with Gasteiger partial charge < -0.3 is 15.6 Å². The van der Waals surface area contributed by atoms with Crippen molar-refractivity contribution in [1.82, 2.24) is 9.97 Å². The third-order valence-electron chi connectivity index (χ3n) is 2.50. The van der Waals surface area contributed by atoms with Crippen LogP contribution in [0.25, 0.3) is 0 Å². The average Bonchev–Trinajstić information content (AvgIpc) is 2.42. The summed E-state index contributed by atoms with van der Waals surface area (Å²) in [6.45, 7) is 2.07. The minimum atomic E-state index is -0.612. The number of nitrogen functional groups attached to an aromatic ring is 1. The van der Waals surface area contributed by atoms with Crippen molar-refractivity contribution in [1.29, 1.82) is 0 Å². The molecule has 2 rings (SSSR count). The molecular weight excluding hydrogens is 354 g/mol. The summed E-state index contributed by atoms with van der Waals surface area (Å²) in [6, 6.07) is 9.19. The molecule has 0 aliphatic carbocycles. The Bertz CT molecular complexity index is 592. The minimum Gasteiger partial charge on any atom is -0.491 e. The van der Waals surface area contributed by atoms with Gasteiger partial charge in [0.05, 0.1) is 6.10 Å². The minimum absolute atomic E-state index is 0.213. The van der Waals surface area contributed by atoms with Gasteiger partial charge >= 0.3 is 0 Å². The van der Waals surface area contributed by atoms with Gasteiger partial charge in [0, 0.05) is 22.0 Å². The molecular formula is C14H16BrN3O2S. The van der Waals surface area contributed by atoms with Crippen LogP contribution in [0.15, 0.2) is 40.0 Å². The highest BCUT2D eigenvalue weighted by Crippen LogP contribution is 2.19. The smallest absolute Gasteiger partial charge is 0.189 e. The summed E-state index contributed by atoms with van der Waals surface area (Å²) in [7, 11) is 0. The molecule has 0 amide bonds. The molecule has 21 heavy (non-hydrogen) atoms. The second kappa shape index (κ2) is 7.63. The third-order valence-corrected chi connectivity index (χ3v) is 3.98. The number of ether oxygens (including phenoxy) is 1. The van der Waals surface area contributed by atoms with Gasteiger partial charge in [-0.1, -0.05) is 33.8 Å². The highest BCUT2D eigenvalue weighted by Gasteiger charge is 2.09. The van der Waals surface area contributed by atoms with E-state index in [1.165, 1.54) is 11.8 Å². The molecule has 0 saturated heterocycles. The summed E-state index contributed by atoms with van der Waals surface area (Å²) >= 11 is 4.72. The first-order chi connectivity index (χ1) is 10.0. The molecule has 112 valence electrons. The Morgan fingerprint density at radius 1 is 1.38 bits per heavy atom. The van der Waals surface area contributed by atoms with E-state index in [1.807, 2.05) is 31.2 Å². The van der Waals surface area contributed by atoms with E-state index in [1.54, 1.807) is 6.07 Å². The van der Waals surface area contributed by atoms with Gasteiger partial charge in [0.25, 0.3) is 0 Å². The van der Waals surface area contributed by atoms with Crippen LogP contribution >= 0.6 is 27.7 Å². The SMILES string of the molecule is Cc1cc(N)nc(SCC(O)COc2cccc(Br)c2)n1. The van der Waals surface area contributed by atoms with Crippen LogP contribution in [0.3, 0.4) is 0 Å². The van der Waals surface area contributed by atoms with E-state index < -0.39 is 6.10 Å². The van der Waals surface area contributed by atoms with Crippen LogP contribution in [-0.2, 0) is 0 Å². The Balaban J connectivity index is 1.80. The summed E-state index contributed by atoms with van der Waals surface area (Å²) in [4.78, 5) is 8.36. The van der Waals surface area contributed by atoms with Crippen molar-refractivity contribution in [3.63, 3.8) is 0 Å². The lowest BCUT2D eigenvalue weighted by Gasteiger charge is -2.12. The van der Waals surface area contributed by atoms with Crippen LogP contribution in [0.1, 0.15) is 5.69 Å². The predicted octanol–water partition coefficient (Wildman–Crippen LogP) is 2.66. The second-order valence-electron chi connectivity index (χ2n) is 4.45. The van der Waals surface area contributed by atoms with Gasteiger partial charge in [-0.25, -0.2) is 9.97 Å². The maximum absolute atomic E-state index is 9.94. The normalized spacial score (nSPS) is 12.1. The Labute approximate surface area is 136 Å². The van der Waals surface area contributed by atoms with Crippen molar-refractivity contribution in [3.8, 4) is 5.75 Å². The first-order valence-corrected chi connectivity index (χ1v) is 8.11. The fraction of sp³-hybridized carbons (Fsp3) is 0.286. The molecule has 1 aromatic carbocycles. The standard InChI is InChI=1S/C14H16BrN3O2S/c1-9-5-13(16)18-14(17-9)21-8-11(19)7-20-12-4-2-3-10(15)6-12/h2-6,11,19H,7-8H2,1H3,(H2,16,17,18). The molecule has 2 aromatic rings. The van der Waals surface area contributed by atoms with E-state index in [4.69, 9.17) is 10.5 Å². The van der Waals surface area contributed by atoms with Gasteiger partial charge in [-0.05, 0) is 25.1 Å². The molecule has 1 heterocycles. The molecule has 0 aliphatic rings. The number of thioether (sulfide) groups is 1. The van der Waals surface area contributed by atoms with E-state index >= 15 is 0 Å². The van der Waals surface area contributed by atoms with Crippen LogP contribution in [0.4, 0.5) is 5.82 Å². The number of aliphatic hydroxyl groups is 1. The molecule has 0 radical (unpaired) electrons. The van der Waals surface area contributed by atoms with E-state index in [0.29, 0.717) is 22.5 Å². The molecule has 0 bridgehead atoms. The Hall–Kier alpha value is -1.31. The van der Waals surface area contributed by atoms with Gasteiger partial charge in [-0.3, -0.25) is 0 Å². The fourth-order valence-corrected chi connectivity index (χ4v) is 2.79. The summed E-state index contributed by atoms with van der Waals surface area (Å²) < 4.78 is 6.46. The lowest BCUT2D eigenvalue weighted by molar-refractivity contribution is 0.126. The monoisotopic (exact) mass is 369 g/mol. The number of aromatic nitrogens is 2. The Kier molecular flexibility index (Phi) is 5.84. The second-order valence-corrected chi connectivity index (χ2v) is 6.35. The van der Waals surface area contributed by atoms with Crippen molar-refractivity contribution in [2.24, 2.45) is 0 Å². The highest BCUT2D eigenvalue weighted by atomic mass is 79.9. The van der Waals surface area contributed by atoms with Gasteiger partial charge in [-0.2, -0.15) is 0 Å². The number of nitrogens with zero attached hydrogens (tertiary/aromatic N) is 2. The van der Waals surface area contributed by atoms with E-state index in [-0.39, 0.29) is 6.61 Å². The lowest BCUT2D eigenvalue weighted by Crippen LogP contribution is -2.20. The number of hydrogen-bond donors (Lipinski definition) is 2. The van der Waals surface area contributed by atoms with Gasteiger partial charge in [0.15, 0.2) is 5.16 Å². The van der Waals surface area contributed by atoms with Crippen molar-refractivity contribution >= 4 is 33.5 Å². The van der Waals surface area contributed by atoms with Crippen LogP contribution in [-0.4, -0.2) is 33.5 Å². The third kappa shape index (κ3) is 5.53. The van der Waals surface area contributed by atoms with Gasteiger partial charge in [0.1, 0.15) is 18.2 Å². The number of benzene rings is 1. The van der Waals surface area contributed by atoms with E-state index in [2.05, 4.69) is 25.9 Å². The maximum atomic E-state index is 9.94. The van der Waals surface area contributed by atoms with Crippen LogP contribution in [0, 0.1) is 6.92 Å². The lowest BCUT2D eigenvalue weighted by atomic mass is 10.3. The van der Waals surface area contributed by atoms with Crippen molar-refractivity contribution < 1.29 is 9.84 Å². The first kappa shape index (κ1) is 16.1. The fourth-order valence-electron chi connectivity index (χ4n) is 1.60. The number of nitrogens with two attached hydrogens (primary N) is 1. The summed E-state index contributed by atoms with van der Waals surface area (Å²) in [5.74, 6) is 1.59. The van der Waals surface area contributed by atoms with Crippen LogP contribution in [0.2, 0.25) is 0 Å². The molecule has 5 nitrogen and oxygen atoms in total. The average molecular weight is 370 g/mol. The zero-order valence-electron chi connectivity index (χ0n) is 11.5.